The molecule has 0 unspecified atom stereocenters. The van der Waals surface area contributed by atoms with Crippen LogP contribution in [0.2, 0.25) is 0 Å². The van der Waals surface area contributed by atoms with Crippen molar-refractivity contribution in [3.8, 4) is 5.75 Å². The molecule has 0 heterocycles. The first-order chi connectivity index (χ1) is 11.0. The number of carbonyl (C=O) groups is 1. The number of hydrogen-bond donors (Lipinski definition) is 2. The minimum Gasteiger partial charge on any atom is -0.495 e. The molecule has 1 amide bonds. The number of hydrogen-bond acceptors (Lipinski definition) is 5. The zero-order chi connectivity index (χ0) is 17.4. The lowest BCUT2D eigenvalue weighted by molar-refractivity contribution is -0.111. The van der Waals surface area contributed by atoms with Gasteiger partial charge in [-0.2, -0.15) is 0 Å². The molecule has 3 N–H and O–H groups in total. The summed E-state index contributed by atoms with van der Waals surface area (Å²) in [6.45, 7) is 4.58. The van der Waals surface area contributed by atoms with Crippen molar-refractivity contribution < 1.29 is 12.3 Å². The van der Waals surface area contributed by atoms with Gasteiger partial charge in [-0.05, 0) is 26.2 Å². The standard InChI is InChI=1S/C15H24N4O2/c1-6-15(20)17-12-9-11(16)14(21-5)10-13(12)19(4)8-7-18(2)3/h6,9-10H,1,7-8,16H2,2-5H3,(H,17,20)/i2D,3D. The molecule has 0 bridgehead atoms. The van der Waals surface area contributed by atoms with E-state index in [0.717, 1.165) is 5.69 Å². The third-order valence-electron chi connectivity index (χ3n) is 2.95. The third-order valence-corrected chi connectivity index (χ3v) is 2.95. The Morgan fingerprint density at radius 1 is 1.52 bits per heavy atom. The van der Waals surface area contributed by atoms with Crippen molar-refractivity contribution in [1.29, 1.82) is 0 Å². The van der Waals surface area contributed by atoms with Gasteiger partial charge in [-0.1, -0.05) is 6.58 Å². The molecule has 6 heteroatoms. The number of ether oxygens (including phenoxy) is 1. The predicted molar refractivity (Wildman–Crippen MR) is 88.1 cm³/mol. The second-order valence-electron chi connectivity index (χ2n) is 4.62. The lowest BCUT2D eigenvalue weighted by Gasteiger charge is -2.25. The molecule has 0 atom stereocenters. The van der Waals surface area contributed by atoms with Gasteiger partial charge in [0.25, 0.3) is 0 Å². The molecule has 1 aromatic carbocycles. The maximum Gasteiger partial charge on any atom is 0.247 e. The predicted octanol–water partition coefficient (Wildman–Crippen LogP) is 1.40. The number of amides is 1. The normalized spacial score (nSPS) is 11.6. The number of benzene rings is 1. The molecule has 1 aromatic rings. The number of likely N-dealkylation sites (N-methyl/N-ethyl adjacent to an activating group) is 2. The van der Waals surface area contributed by atoms with E-state index in [9.17, 15) is 4.79 Å². The molecular weight excluding hydrogens is 268 g/mol. The van der Waals surface area contributed by atoms with Gasteiger partial charge in [0.2, 0.25) is 5.91 Å². The molecule has 1 rings (SSSR count). The maximum absolute atomic E-state index is 11.6. The van der Waals surface area contributed by atoms with Gasteiger partial charge in [-0.15, -0.1) is 0 Å². The Balaban J connectivity index is 3.04. The lowest BCUT2D eigenvalue weighted by Crippen LogP contribution is -2.29. The number of nitrogens with one attached hydrogen (secondary N) is 1. The summed E-state index contributed by atoms with van der Waals surface area (Å²) in [6.07, 6.45) is 1.19. The Labute approximate surface area is 129 Å². The van der Waals surface area contributed by atoms with Crippen LogP contribution >= 0.6 is 0 Å². The van der Waals surface area contributed by atoms with Crippen molar-refractivity contribution in [2.24, 2.45) is 0 Å². The zero-order valence-corrected chi connectivity index (χ0v) is 12.6. The highest BCUT2D eigenvalue weighted by atomic mass is 16.5. The quantitative estimate of drug-likeness (QED) is 0.587. The van der Waals surface area contributed by atoms with E-state index in [-0.39, 0.29) is 20.0 Å². The van der Waals surface area contributed by atoms with Gasteiger partial charge in [0.1, 0.15) is 5.75 Å². The molecule has 0 aromatic heterocycles. The number of methoxy groups -OCH3 is 1. The van der Waals surface area contributed by atoms with Gasteiger partial charge in [-0.3, -0.25) is 4.79 Å². The Hall–Kier alpha value is -2.21. The van der Waals surface area contributed by atoms with Crippen LogP contribution in [0.4, 0.5) is 17.1 Å². The average Bonchev–Trinajstić information content (AvgIpc) is 2.55. The number of nitrogens with zero attached hydrogens (tertiary/aromatic N) is 2. The SMILES string of the molecule is [2H]CN(C[2H])CCN(C)c1cc(OC)c(N)cc1NC(=O)C=C. The third kappa shape index (κ3) is 4.68. The molecule has 0 fully saturated rings. The summed E-state index contributed by atoms with van der Waals surface area (Å²) in [5.74, 6) is 0.185. The lowest BCUT2D eigenvalue weighted by atomic mass is 10.2. The van der Waals surface area contributed by atoms with Gasteiger partial charge in [0, 0.05) is 28.9 Å². The van der Waals surface area contributed by atoms with E-state index in [1.165, 1.54) is 13.2 Å². The van der Waals surface area contributed by atoms with Gasteiger partial charge >= 0.3 is 0 Å². The first kappa shape index (κ1) is 13.8. The van der Waals surface area contributed by atoms with Crippen molar-refractivity contribution in [2.75, 3.05) is 57.2 Å². The van der Waals surface area contributed by atoms with E-state index >= 15 is 0 Å². The molecule has 0 spiro atoms. The van der Waals surface area contributed by atoms with E-state index in [2.05, 4.69) is 11.9 Å². The molecule has 6 nitrogen and oxygen atoms in total. The van der Waals surface area contributed by atoms with Crippen LogP contribution in [0.3, 0.4) is 0 Å². The highest BCUT2D eigenvalue weighted by Crippen LogP contribution is 2.34. The molecule has 0 saturated heterocycles. The Morgan fingerprint density at radius 3 is 2.81 bits per heavy atom. The zero-order valence-electron chi connectivity index (χ0n) is 14.6. The van der Waals surface area contributed by atoms with Crippen molar-refractivity contribution in [3.05, 3.63) is 24.8 Å². The van der Waals surface area contributed by atoms with Crippen LogP contribution in [-0.2, 0) is 4.79 Å². The molecule has 0 radical (unpaired) electrons. The Morgan fingerprint density at radius 2 is 2.24 bits per heavy atom. The summed E-state index contributed by atoms with van der Waals surface area (Å²) < 4.78 is 19.9. The second-order valence-corrected chi connectivity index (χ2v) is 4.62. The number of anilines is 3. The first-order valence-electron chi connectivity index (χ1n) is 7.81. The van der Waals surface area contributed by atoms with Crippen LogP contribution < -0.4 is 20.7 Å². The fourth-order valence-corrected chi connectivity index (χ4v) is 1.77. The van der Waals surface area contributed by atoms with Crippen LogP contribution in [0.15, 0.2) is 24.8 Å². The van der Waals surface area contributed by atoms with Crippen LogP contribution in [0, 0.1) is 0 Å². The number of rotatable bonds is 7. The minimum atomic E-state index is -0.330. The number of nitrogens with two attached hydrogens (primary N) is 1. The van der Waals surface area contributed by atoms with E-state index < -0.39 is 0 Å². The van der Waals surface area contributed by atoms with Crippen LogP contribution in [0.5, 0.6) is 5.75 Å². The van der Waals surface area contributed by atoms with Crippen LogP contribution in [0.25, 0.3) is 0 Å². The topological polar surface area (TPSA) is 70.8 Å². The Bertz CT molecular complexity index is 551. The van der Waals surface area contributed by atoms with Crippen molar-refractivity contribution in [2.45, 2.75) is 0 Å². The number of nitrogen functional groups attached to an aromatic ring is 1. The first-order valence-corrected chi connectivity index (χ1v) is 6.39. The highest BCUT2D eigenvalue weighted by Gasteiger charge is 2.13. The molecule has 0 aliphatic rings. The summed E-state index contributed by atoms with van der Waals surface area (Å²) in [7, 11) is 3.53. The molecule has 0 aliphatic carbocycles. The average molecular weight is 294 g/mol. The highest BCUT2D eigenvalue weighted by molar-refractivity contribution is 6.02. The van der Waals surface area contributed by atoms with Crippen molar-refractivity contribution in [3.63, 3.8) is 0 Å². The van der Waals surface area contributed by atoms with Crippen molar-refractivity contribution in [1.82, 2.24) is 4.90 Å². The van der Waals surface area contributed by atoms with E-state index in [4.69, 9.17) is 13.2 Å². The summed E-state index contributed by atoms with van der Waals surface area (Å²) in [5.41, 5.74) is 7.62. The second kappa shape index (κ2) is 7.54. The molecular formula is C15H24N4O2. The summed E-state index contributed by atoms with van der Waals surface area (Å²) >= 11 is 0. The van der Waals surface area contributed by atoms with E-state index in [1.807, 2.05) is 11.9 Å². The Kier molecular flexibility index (Phi) is 4.94. The molecule has 0 aliphatic heterocycles. The fraction of sp³-hybridized carbons (Fsp3) is 0.400. The number of carbonyl (C=O) groups excluding carboxylic acids is 1. The molecule has 0 saturated carbocycles. The van der Waals surface area contributed by atoms with Crippen molar-refractivity contribution >= 4 is 23.0 Å². The molecule has 116 valence electrons. The molecule has 21 heavy (non-hydrogen) atoms. The summed E-state index contributed by atoms with van der Waals surface area (Å²) in [4.78, 5) is 15.2. The minimum absolute atomic E-state index is 0.0719. The van der Waals surface area contributed by atoms with E-state index in [1.54, 1.807) is 17.0 Å². The summed E-state index contributed by atoms with van der Waals surface area (Å²) in [5, 5.41) is 2.73. The smallest absolute Gasteiger partial charge is 0.247 e. The maximum atomic E-state index is 11.6. The van der Waals surface area contributed by atoms with Crippen LogP contribution in [-0.4, -0.2) is 52.1 Å². The van der Waals surface area contributed by atoms with E-state index in [0.29, 0.717) is 30.2 Å². The largest absolute Gasteiger partial charge is 0.495 e. The monoisotopic (exact) mass is 294 g/mol. The van der Waals surface area contributed by atoms with Crippen LogP contribution in [0.1, 0.15) is 2.74 Å². The van der Waals surface area contributed by atoms with Gasteiger partial charge in [0.15, 0.2) is 0 Å². The van der Waals surface area contributed by atoms with Gasteiger partial charge in [0.05, 0.1) is 24.2 Å². The van der Waals surface area contributed by atoms with Gasteiger partial charge < -0.3 is 25.6 Å². The summed E-state index contributed by atoms with van der Waals surface area (Å²) in [6, 6.07) is 3.39. The van der Waals surface area contributed by atoms with Gasteiger partial charge in [-0.25, -0.2) is 0 Å². The fourth-order valence-electron chi connectivity index (χ4n) is 1.77.